The topological polar surface area (TPSA) is 96.8 Å². The van der Waals surface area contributed by atoms with Gasteiger partial charge in [-0.05, 0) is 0 Å². The van der Waals surface area contributed by atoms with Crippen LogP contribution in [0.3, 0.4) is 0 Å². The van der Waals surface area contributed by atoms with Crippen molar-refractivity contribution in [3.8, 4) is 6.07 Å². The summed E-state index contributed by atoms with van der Waals surface area (Å²) < 4.78 is 47.0. The van der Waals surface area contributed by atoms with Gasteiger partial charge in [0.25, 0.3) is 15.5 Å². The molecule has 0 bridgehead atoms. The molecule has 0 radical (unpaired) electrons. The summed E-state index contributed by atoms with van der Waals surface area (Å²) in [6.45, 7) is 0. The van der Waals surface area contributed by atoms with E-state index < -0.39 is 37.3 Å². The first-order valence-corrected chi connectivity index (χ1v) is 6.01. The van der Waals surface area contributed by atoms with Gasteiger partial charge in [-0.3, -0.25) is 0 Å². The molecule has 0 aliphatic carbocycles. The lowest BCUT2D eigenvalue weighted by Gasteiger charge is -2.07. The molecule has 0 atom stereocenters. The highest BCUT2D eigenvalue weighted by Crippen LogP contribution is 2.31. The fourth-order valence-electron chi connectivity index (χ4n) is 1.05. The molecule has 0 aliphatic heterocycles. The van der Waals surface area contributed by atoms with Crippen LogP contribution in [0.1, 0.15) is 17.6 Å². The second kappa shape index (κ2) is 4.19. The van der Waals surface area contributed by atoms with E-state index in [1.807, 2.05) is 0 Å². The summed E-state index contributed by atoms with van der Waals surface area (Å²) in [6, 6.07) is 1.33. The number of aromatic nitrogens is 1. The Labute approximate surface area is 93.9 Å². The van der Waals surface area contributed by atoms with E-state index in [9.17, 15) is 17.2 Å². The first-order chi connectivity index (χ1) is 7.29. The molecule has 86 valence electrons. The van der Waals surface area contributed by atoms with Gasteiger partial charge >= 0.3 is 0 Å². The van der Waals surface area contributed by atoms with Crippen molar-refractivity contribution in [2.75, 3.05) is 5.73 Å². The van der Waals surface area contributed by atoms with Crippen LogP contribution in [0.5, 0.6) is 0 Å². The number of halogens is 3. The standard InChI is InChI=1S/C7H4ClF2N3O2S/c8-16(14,15)5-3(1-11)4(6(9)10)2-13-7(5)12/h2,6H,(H2,12,13). The molecular formula is C7H4ClF2N3O2S. The third-order valence-corrected chi connectivity index (χ3v) is 3.05. The molecule has 0 saturated carbocycles. The lowest BCUT2D eigenvalue weighted by Crippen LogP contribution is -2.07. The Morgan fingerprint density at radius 1 is 1.56 bits per heavy atom. The number of hydrogen-bond acceptors (Lipinski definition) is 5. The number of nitrogens with zero attached hydrogens (tertiary/aromatic N) is 2. The van der Waals surface area contributed by atoms with Crippen LogP contribution in [0.15, 0.2) is 11.1 Å². The van der Waals surface area contributed by atoms with Crippen LogP contribution >= 0.6 is 10.7 Å². The van der Waals surface area contributed by atoms with Crippen LogP contribution in [-0.2, 0) is 9.05 Å². The molecule has 5 nitrogen and oxygen atoms in total. The van der Waals surface area contributed by atoms with Crippen molar-refractivity contribution in [1.29, 1.82) is 5.26 Å². The lowest BCUT2D eigenvalue weighted by atomic mass is 10.1. The monoisotopic (exact) mass is 267 g/mol. The fourth-order valence-corrected chi connectivity index (χ4v) is 2.23. The Bertz CT molecular complexity index is 568. The zero-order valence-corrected chi connectivity index (χ0v) is 9.06. The number of alkyl halides is 2. The molecule has 1 rings (SSSR count). The van der Waals surface area contributed by atoms with E-state index in [4.69, 9.17) is 21.7 Å². The molecule has 0 aliphatic rings. The first-order valence-electron chi connectivity index (χ1n) is 3.70. The fraction of sp³-hybridized carbons (Fsp3) is 0.143. The van der Waals surface area contributed by atoms with Crippen LogP contribution in [-0.4, -0.2) is 13.4 Å². The summed E-state index contributed by atoms with van der Waals surface area (Å²) >= 11 is 0. The normalized spacial score (nSPS) is 11.4. The third kappa shape index (κ3) is 2.20. The summed E-state index contributed by atoms with van der Waals surface area (Å²) in [6.07, 6.45) is -2.40. The maximum Gasteiger partial charge on any atom is 0.266 e. The predicted octanol–water partition coefficient (Wildman–Crippen LogP) is 1.40. The number of anilines is 1. The Morgan fingerprint density at radius 2 is 2.12 bits per heavy atom. The van der Waals surface area contributed by atoms with Crippen LogP contribution in [0.2, 0.25) is 0 Å². The van der Waals surface area contributed by atoms with E-state index in [0.29, 0.717) is 6.20 Å². The maximum atomic E-state index is 12.4. The molecule has 1 aromatic heterocycles. The van der Waals surface area contributed by atoms with E-state index in [0.717, 1.165) is 0 Å². The van der Waals surface area contributed by atoms with E-state index >= 15 is 0 Å². The maximum absolute atomic E-state index is 12.4. The average molecular weight is 268 g/mol. The van der Waals surface area contributed by atoms with Crippen molar-refractivity contribution in [2.45, 2.75) is 11.3 Å². The number of nitriles is 1. The smallest absolute Gasteiger partial charge is 0.266 e. The molecule has 0 unspecified atom stereocenters. The number of hydrogen-bond donors (Lipinski definition) is 1. The van der Waals surface area contributed by atoms with Crippen molar-refractivity contribution in [3.63, 3.8) is 0 Å². The van der Waals surface area contributed by atoms with Gasteiger partial charge in [0.05, 0.1) is 11.1 Å². The largest absolute Gasteiger partial charge is 0.383 e. The lowest BCUT2D eigenvalue weighted by molar-refractivity contribution is 0.150. The minimum Gasteiger partial charge on any atom is -0.383 e. The summed E-state index contributed by atoms with van der Waals surface area (Å²) in [5.74, 6) is -0.587. The van der Waals surface area contributed by atoms with Crippen molar-refractivity contribution in [3.05, 3.63) is 17.3 Å². The van der Waals surface area contributed by atoms with Crippen molar-refractivity contribution in [2.24, 2.45) is 0 Å². The van der Waals surface area contributed by atoms with E-state index in [2.05, 4.69) is 4.98 Å². The van der Waals surface area contributed by atoms with Crippen molar-refractivity contribution >= 4 is 25.6 Å². The molecular weight excluding hydrogens is 264 g/mol. The van der Waals surface area contributed by atoms with Crippen molar-refractivity contribution < 1.29 is 17.2 Å². The van der Waals surface area contributed by atoms with Gasteiger partial charge in [-0.2, -0.15) is 5.26 Å². The van der Waals surface area contributed by atoms with Gasteiger partial charge in [0.15, 0.2) is 0 Å². The van der Waals surface area contributed by atoms with E-state index in [1.54, 1.807) is 0 Å². The van der Waals surface area contributed by atoms with Crippen LogP contribution in [0.4, 0.5) is 14.6 Å². The minimum atomic E-state index is -4.40. The average Bonchev–Trinajstić information content (AvgIpc) is 2.14. The second-order valence-electron chi connectivity index (χ2n) is 2.65. The van der Waals surface area contributed by atoms with Gasteiger partial charge in [-0.15, -0.1) is 0 Å². The molecule has 0 amide bonds. The molecule has 0 fully saturated rings. The Balaban J connectivity index is 3.74. The van der Waals surface area contributed by atoms with Crippen molar-refractivity contribution in [1.82, 2.24) is 4.98 Å². The second-order valence-corrected chi connectivity index (χ2v) is 5.16. The SMILES string of the molecule is N#Cc1c(C(F)F)cnc(N)c1S(=O)(=O)Cl. The quantitative estimate of drug-likeness (QED) is 0.817. The zero-order chi connectivity index (χ0) is 12.5. The van der Waals surface area contributed by atoms with Gasteiger partial charge < -0.3 is 5.73 Å². The summed E-state index contributed by atoms with van der Waals surface area (Å²) in [5, 5.41) is 8.65. The number of pyridine rings is 1. The zero-order valence-electron chi connectivity index (χ0n) is 7.49. The first kappa shape index (κ1) is 12.6. The van der Waals surface area contributed by atoms with Crippen LogP contribution in [0.25, 0.3) is 0 Å². The summed E-state index contributed by atoms with van der Waals surface area (Å²) in [4.78, 5) is 2.38. The van der Waals surface area contributed by atoms with Gasteiger partial charge in [-0.1, -0.05) is 0 Å². The van der Waals surface area contributed by atoms with Crippen LogP contribution < -0.4 is 5.73 Å². The molecule has 9 heteroatoms. The molecule has 0 saturated heterocycles. The van der Waals surface area contributed by atoms with Gasteiger partial charge in [0.1, 0.15) is 16.8 Å². The molecule has 0 spiro atoms. The van der Waals surface area contributed by atoms with Gasteiger partial charge in [-0.25, -0.2) is 22.2 Å². The predicted molar refractivity (Wildman–Crippen MR) is 51.4 cm³/mol. The Hall–Kier alpha value is -1.46. The molecule has 16 heavy (non-hydrogen) atoms. The van der Waals surface area contributed by atoms with Gasteiger partial charge in [0, 0.05) is 16.9 Å². The summed E-state index contributed by atoms with van der Waals surface area (Å²) in [7, 11) is 0.577. The van der Waals surface area contributed by atoms with E-state index in [-0.39, 0.29) is 0 Å². The molecule has 1 heterocycles. The Kier molecular flexibility index (Phi) is 3.30. The number of nitrogen functional groups attached to an aromatic ring is 1. The van der Waals surface area contributed by atoms with Crippen LogP contribution in [0, 0.1) is 11.3 Å². The molecule has 1 aromatic rings. The van der Waals surface area contributed by atoms with E-state index in [1.165, 1.54) is 6.07 Å². The highest BCUT2D eigenvalue weighted by Gasteiger charge is 2.26. The molecule has 2 N–H and O–H groups in total. The molecule has 0 aromatic carbocycles. The van der Waals surface area contributed by atoms with Gasteiger partial charge in [0.2, 0.25) is 0 Å². The number of nitrogens with two attached hydrogens (primary N) is 1. The Morgan fingerprint density at radius 3 is 2.50 bits per heavy atom. The summed E-state index contributed by atoms with van der Waals surface area (Å²) in [5.41, 5.74) is 3.58. The number of rotatable bonds is 2. The third-order valence-electron chi connectivity index (χ3n) is 1.68. The minimum absolute atomic E-state index is 0.587. The highest BCUT2D eigenvalue weighted by atomic mass is 35.7. The highest BCUT2D eigenvalue weighted by molar-refractivity contribution is 8.14.